The molecule has 1 fully saturated rings. The van der Waals surface area contributed by atoms with Crippen LogP contribution in [-0.2, 0) is 18.3 Å². The highest BCUT2D eigenvalue weighted by Gasteiger charge is 2.35. The number of carbonyl (C=O) groups is 1. The molecule has 1 saturated carbocycles. The Balaban J connectivity index is 2.07. The molecule has 1 aromatic heterocycles. The molecular weight excluding hydrogens is 242 g/mol. The highest BCUT2D eigenvalue weighted by atomic mass is 16.4. The monoisotopic (exact) mass is 265 g/mol. The molecule has 1 aliphatic carbocycles. The van der Waals surface area contributed by atoms with Crippen molar-refractivity contribution >= 4 is 5.97 Å². The Morgan fingerprint density at radius 1 is 1.53 bits per heavy atom. The predicted octanol–water partition coefficient (Wildman–Crippen LogP) is 2.27. The molecule has 106 valence electrons. The zero-order valence-corrected chi connectivity index (χ0v) is 11.7. The second-order valence-corrected chi connectivity index (χ2v) is 5.68. The van der Waals surface area contributed by atoms with Gasteiger partial charge in [-0.15, -0.1) is 0 Å². The fraction of sp³-hybridized carbons (Fsp3) is 0.786. The van der Waals surface area contributed by atoms with Crippen molar-refractivity contribution in [3.8, 4) is 0 Å². The molecule has 1 aliphatic rings. The van der Waals surface area contributed by atoms with E-state index in [2.05, 4.69) is 17.0 Å². The van der Waals surface area contributed by atoms with E-state index in [9.17, 15) is 9.90 Å². The van der Waals surface area contributed by atoms with Crippen LogP contribution in [0.2, 0.25) is 0 Å². The van der Waals surface area contributed by atoms with Gasteiger partial charge in [0.1, 0.15) is 12.2 Å². The van der Waals surface area contributed by atoms with Crippen LogP contribution in [0.3, 0.4) is 0 Å². The van der Waals surface area contributed by atoms with E-state index in [0.717, 1.165) is 31.5 Å². The molecule has 0 saturated heterocycles. The normalized spacial score (nSPS) is 27.4. The maximum Gasteiger partial charge on any atom is 0.306 e. The molecule has 0 aromatic carbocycles. The van der Waals surface area contributed by atoms with E-state index in [1.807, 2.05) is 7.05 Å². The van der Waals surface area contributed by atoms with Crippen molar-refractivity contribution in [2.24, 2.45) is 24.8 Å². The van der Waals surface area contributed by atoms with Crippen molar-refractivity contribution < 1.29 is 9.90 Å². The van der Waals surface area contributed by atoms with E-state index in [0.29, 0.717) is 5.92 Å². The summed E-state index contributed by atoms with van der Waals surface area (Å²) in [5.41, 5.74) is 0. The quantitative estimate of drug-likeness (QED) is 0.886. The van der Waals surface area contributed by atoms with Gasteiger partial charge in [-0.05, 0) is 31.1 Å². The number of nitrogens with zero attached hydrogens (tertiary/aromatic N) is 3. The third-order valence-electron chi connectivity index (χ3n) is 4.36. The number of aromatic nitrogens is 3. The van der Waals surface area contributed by atoms with Crippen molar-refractivity contribution in [2.45, 2.75) is 45.4 Å². The van der Waals surface area contributed by atoms with Gasteiger partial charge in [-0.25, -0.2) is 4.98 Å². The number of carboxylic acid groups (broad SMARTS) is 1. The van der Waals surface area contributed by atoms with Crippen LogP contribution in [0.15, 0.2) is 6.33 Å². The minimum Gasteiger partial charge on any atom is -0.481 e. The Kier molecular flexibility index (Phi) is 4.56. The number of rotatable bonds is 5. The van der Waals surface area contributed by atoms with Crippen LogP contribution in [0.25, 0.3) is 0 Å². The Morgan fingerprint density at radius 3 is 2.89 bits per heavy atom. The van der Waals surface area contributed by atoms with Gasteiger partial charge in [-0.3, -0.25) is 9.48 Å². The molecule has 3 atom stereocenters. The first-order valence-corrected chi connectivity index (χ1v) is 7.17. The lowest BCUT2D eigenvalue weighted by Gasteiger charge is -2.33. The smallest absolute Gasteiger partial charge is 0.306 e. The third-order valence-corrected chi connectivity index (χ3v) is 4.36. The molecule has 0 radical (unpaired) electrons. The average molecular weight is 265 g/mol. The molecule has 3 unspecified atom stereocenters. The van der Waals surface area contributed by atoms with Gasteiger partial charge in [0.2, 0.25) is 0 Å². The number of hydrogen-bond acceptors (Lipinski definition) is 3. The highest BCUT2D eigenvalue weighted by Crippen LogP contribution is 2.37. The fourth-order valence-corrected chi connectivity index (χ4v) is 3.32. The Morgan fingerprint density at radius 2 is 2.32 bits per heavy atom. The summed E-state index contributed by atoms with van der Waals surface area (Å²) in [5, 5.41) is 13.4. The summed E-state index contributed by atoms with van der Waals surface area (Å²) in [6.45, 7) is 2.20. The van der Waals surface area contributed by atoms with Gasteiger partial charge in [0.15, 0.2) is 0 Å². The minimum atomic E-state index is -0.651. The van der Waals surface area contributed by atoms with E-state index in [1.165, 1.54) is 19.2 Å². The number of aliphatic carboxylic acids is 1. The molecule has 5 nitrogen and oxygen atoms in total. The van der Waals surface area contributed by atoms with Crippen LogP contribution < -0.4 is 0 Å². The van der Waals surface area contributed by atoms with E-state index in [1.54, 1.807) is 4.68 Å². The van der Waals surface area contributed by atoms with Crippen LogP contribution in [0.4, 0.5) is 0 Å². The Labute approximate surface area is 114 Å². The maximum atomic E-state index is 11.4. The largest absolute Gasteiger partial charge is 0.481 e. The zero-order chi connectivity index (χ0) is 13.8. The number of hydrogen-bond donors (Lipinski definition) is 1. The molecule has 2 rings (SSSR count). The Hall–Kier alpha value is -1.39. The first kappa shape index (κ1) is 14.0. The summed E-state index contributed by atoms with van der Waals surface area (Å²) < 4.78 is 1.75. The van der Waals surface area contributed by atoms with Gasteiger partial charge in [-0.1, -0.05) is 19.8 Å². The molecule has 0 aliphatic heterocycles. The molecule has 0 amide bonds. The van der Waals surface area contributed by atoms with Crippen LogP contribution in [0.5, 0.6) is 0 Å². The molecular formula is C14H23N3O2. The summed E-state index contributed by atoms with van der Waals surface area (Å²) in [6, 6.07) is 0. The summed E-state index contributed by atoms with van der Waals surface area (Å²) >= 11 is 0. The van der Waals surface area contributed by atoms with E-state index in [4.69, 9.17) is 0 Å². The summed E-state index contributed by atoms with van der Waals surface area (Å²) in [6.07, 6.45) is 7.53. The molecule has 0 spiro atoms. The first-order valence-electron chi connectivity index (χ1n) is 7.17. The molecule has 1 heterocycles. The SMILES string of the molecule is CCCC1CCC(C(=O)O)C(Cc2ncnn2C)C1. The van der Waals surface area contributed by atoms with Crippen molar-refractivity contribution in [1.82, 2.24) is 14.8 Å². The number of aryl methyl sites for hydroxylation is 1. The van der Waals surface area contributed by atoms with Crippen molar-refractivity contribution in [1.29, 1.82) is 0 Å². The minimum absolute atomic E-state index is 0.200. The van der Waals surface area contributed by atoms with Gasteiger partial charge in [0.05, 0.1) is 5.92 Å². The topological polar surface area (TPSA) is 68.0 Å². The third kappa shape index (κ3) is 3.33. The summed E-state index contributed by atoms with van der Waals surface area (Å²) in [4.78, 5) is 15.6. The van der Waals surface area contributed by atoms with E-state index >= 15 is 0 Å². The van der Waals surface area contributed by atoms with Gasteiger partial charge in [-0.2, -0.15) is 5.10 Å². The van der Waals surface area contributed by atoms with E-state index in [-0.39, 0.29) is 11.8 Å². The van der Waals surface area contributed by atoms with Crippen LogP contribution >= 0.6 is 0 Å². The Bertz CT molecular complexity index is 430. The van der Waals surface area contributed by atoms with E-state index < -0.39 is 5.97 Å². The summed E-state index contributed by atoms with van der Waals surface area (Å²) in [7, 11) is 1.87. The van der Waals surface area contributed by atoms with Crippen molar-refractivity contribution in [2.75, 3.05) is 0 Å². The van der Waals surface area contributed by atoms with Gasteiger partial charge >= 0.3 is 5.97 Å². The molecule has 19 heavy (non-hydrogen) atoms. The predicted molar refractivity (Wildman–Crippen MR) is 71.6 cm³/mol. The number of carboxylic acids is 1. The van der Waals surface area contributed by atoms with Gasteiger partial charge in [0.25, 0.3) is 0 Å². The standard InChI is InChI=1S/C14H23N3O2/c1-3-4-10-5-6-12(14(18)19)11(7-10)8-13-15-9-16-17(13)2/h9-12H,3-8H2,1-2H3,(H,18,19). The molecule has 5 heteroatoms. The first-order chi connectivity index (χ1) is 9.11. The van der Waals surface area contributed by atoms with Crippen LogP contribution in [0, 0.1) is 17.8 Å². The van der Waals surface area contributed by atoms with Gasteiger partial charge in [0, 0.05) is 13.5 Å². The average Bonchev–Trinajstić information content (AvgIpc) is 2.75. The highest BCUT2D eigenvalue weighted by molar-refractivity contribution is 5.70. The summed E-state index contributed by atoms with van der Waals surface area (Å²) in [5.74, 6) is 0.907. The van der Waals surface area contributed by atoms with Crippen LogP contribution in [0.1, 0.15) is 44.9 Å². The maximum absolute atomic E-state index is 11.4. The lowest BCUT2D eigenvalue weighted by Crippen LogP contribution is -2.32. The lowest BCUT2D eigenvalue weighted by molar-refractivity contribution is -0.145. The molecule has 1 N–H and O–H groups in total. The van der Waals surface area contributed by atoms with Crippen molar-refractivity contribution in [3.05, 3.63) is 12.2 Å². The molecule has 0 bridgehead atoms. The fourth-order valence-electron chi connectivity index (χ4n) is 3.32. The molecule has 1 aromatic rings. The second-order valence-electron chi connectivity index (χ2n) is 5.68. The van der Waals surface area contributed by atoms with Gasteiger partial charge < -0.3 is 5.11 Å². The van der Waals surface area contributed by atoms with Crippen LogP contribution in [-0.4, -0.2) is 25.8 Å². The zero-order valence-electron chi connectivity index (χ0n) is 11.7. The van der Waals surface area contributed by atoms with Crippen molar-refractivity contribution in [3.63, 3.8) is 0 Å². The lowest BCUT2D eigenvalue weighted by atomic mass is 9.71. The second kappa shape index (κ2) is 6.17.